The van der Waals surface area contributed by atoms with E-state index in [9.17, 15) is 18.0 Å². The minimum absolute atomic E-state index is 0.0975. The number of benzene rings is 2. The van der Waals surface area contributed by atoms with Gasteiger partial charge in [0.25, 0.3) is 21.8 Å². The van der Waals surface area contributed by atoms with Crippen LogP contribution in [0.15, 0.2) is 53.4 Å². The molecule has 0 bridgehead atoms. The minimum Gasteiger partial charge on any atom is -0.272 e. The normalized spacial score (nSPS) is 11.0. The van der Waals surface area contributed by atoms with Gasteiger partial charge >= 0.3 is 0 Å². The molecule has 0 aromatic heterocycles. The highest BCUT2D eigenvalue weighted by Crippen LogP contribution is 2.16. The van der Waals surface area contributed by atoms with Crippen molar-refractivity contribution in [1.82, 2.24) is 9.84 Å². The van der Waals surface area contributed by atoms with E-state index in [0.717, 1.165) is 12.5 Å². The van der Waals surface area contributed by atoms with Gasteiger partial charge in [0.1, 0.15) is 0 Å². The molecule has 24 heavy (non-hydrogen) atoms. The van der Waals surface area contributed by atoms with Crippen molar-refractivity contribution in [2.24, 2.45) is 0 Å². The zero-order chi connectivity index (χ0) is 17.9. The van der Waals surface area contributed by atoms with E-state index in [-0.39, 0.29) is 10.5 Å². The molecule has 1 N–H and O–H groups in total. The first-order valence-electron chi connectivity index (χ1n) is 6.91. The summed E-state index contributed by atoms with van der Waals surface area (Å²) >= 11 is 5.75. The van der Waals surface area contributed by atoms with Gasteiger partial charge in [-0.15, -0.1) is 4.41 Å². The Morgan fingerprint density at radius 3 is 2.04 bits per heavy atom. The van der Waals surface area contributed by atoms with Crippen molar-refractivity contribution < 1.29 is 18.0 Å². The van der Waals surface area contributed by atoms with Crippen molar-refractivity contribution in [1.29, 1.82) is 0 Å². The third-order valence-electron chi connectivity index (χ3n) is 3.15. The molecule has 8 heteroatoms. The zero-order valence-electron chi connectivity index (χ0n) is 13.0. The summed E-state index contributed by atoms with van der Waals surface area (Å²) in [7, 11) is -4.20. The van der Waals surface area contributed by atoms with Gasteiger partial charge in [0.2, 0.25) is 0 Å². The van der Waals surface area contributed by atoms with Gasteiger partial charge < -0.3 is 0 Å². The maximum Gasteiger partial charge on any atom is 0.284 e. The number of hydrogen-bond acceptors (Lipinski definition) is 4. The Kier molecular flexibility index (Phi) is 5.26. The number of carbonyl (C=O) groups excluding carboxylic acids is 2. The first-order chi connectivity index (χ1) is 11.2. The SMILES string of the molecule is CC(=O)N(NC(=O)c1ccc(Cl)cc1)S(=O)(=O)c1ccc(C)cc1. The molecule has 6 nitrogen and oxygen atoms in total. The second-order valence-electron chi connectivity index (χ2n) is 5.05. The molecule has 0 saturated carbocycles. The van der Waals surface area contributed by atoms with Gasteiger partial charge in [0, 0.05) is 17.5 Å². The molecular formula is C16H15ClN2O4S. The van der Waals surface area contributed by atoms with Crippen LogP contribution in [0.5, 0.6) is 0 Å². The number of hydrazine groups is 1. The van der Waals surface area contributed by atoms with Crippen molar-refractivity contribution in [3.63, 3.8) is 0 Å². The fourth-order valence-electron chi connectivity index (χ4n) is 1.88. The molecule has 126 valence electrons. The van der Waals surface area contributed by atoms with Crippen LogP contribution >= 0.6 is 11.6 Å². The van der Waals surface area contributed by atoms with Crippen LogP contribution < -0.4 is 5.43 Å². The summed E-state index contributed by atoms with van der Waals surface area (Å²) in [4.78, 5) is 23.9. The van der Waals surface area contributed by atoms with E-state index in [4.69, 9.17) is 11.6 Å². The Balaban J connectivity index is 2.32. The van der Waals surface area contributed by atoms with Gasteiger partial charge in [-0.3, -0.25) is 9.59 Å². The molecule has 2 amide bonds. The van der Waals surface area contributed by atoms with Crippen molar-refractivity contribution >= 4 is 33.4 Å². The highest BCUT2D eigenvalue weighted by molar-refractivity contribution is 7.89. The maximum absolute atomic E-state index is 12.6. The molecule has 0 spiro atoms. The molecule has 2 aromatic rings. The number of halogens is 1. The van der Waals surface area contributed by atoms with Gasteiger partial charge in [-0.2, -0.15) is 8.42 Å². The van der Waals surface area contributed by atoms with E-state index < -0.39 is 21.8 Å². The van der Waals surface area contributed by atoms with E-state index >= 15 is 0 Å². The fraction of sp³-hybridized carbons (Fsp3) is 0.125. The molecule has 2 rings (SSSR count). The van der Waals surface area contributed by atoms with Crippen LogP contribution in [0, 0.1) is 6.92 Å². The standard InChI is InChI=1S/C16H15ClN2O4S/c1-11-3-9-15(10-4-11)24(22,23)19(12(2)20)18-16(21)13-5-7-14(17)8-6-13/h3-10H,1-2H3,(H,18,21). The molecule has 0 fully saturated rings. The first-order valence-corrected chi connectivity index (χ1v) is 8.73. The lowest BCUT2D eigenvalue weighted by Crippen LogP contribution is -2.48. The largest absolute Gasteiger partial charge is 0.284 e. The molecule has 0 saturated heterocycles. The van der Waals surface area contributed by atoms with Gasteiger partial charge in [-0.1, -0.05) is 29.3 Å². The molecule has 0 atom stereocenters. The lowest BCUT2D eigenvalue weighted by atomic mass is 10.2. The van der Waals surface area contributed by atoms with Gasteiger partial charge in [0.05, 0.1) is 4.90 Å². The average Bonchev–Trinajstić information content (AvgIpc) is 2.53. The van der Waals surface area contributed by atoms with Crippen LogP contribution in [0.2, 0.25) is 5.02 Å². The molecule has 2 aromatic carbocycles. The van der Waals surface area contributed by atoms with E-state index in [2.05, 4.69) is 5.43 Å². The quantitative estimate of drug-likeness (QED) is 0.846. The van der Waals surface area contributed by atoms with Gasteiger partial charge in [-0.05, 0) is 43.3 Å². The second-order valence-corrected chi connectivity index (χ2v) is 7.27. The predicted octanol–water partition coefficient (Wildman–Crippen LogP) is 2.53. The monoisotopic (exact) mass is 366 g/mol. The zero-order valence-corrected chi connectivity index (χ0v) is 14.6. The molecular weight excluding hydrogens is 352 g/mol. The van der Waals surface area contributed by atoms with Crippen LogP contribution in [0.1, 0.15) is 22.8 Å². The van der Waals surface area contributed by atoms with Crippen molar-refractivity contribution in [2.45, 2.75) is 18.7 Å². The highest BCUT2D eigenvalue weighted by Gasteiger charge is 2.29. The lowest BCUT2D eigenvalue weighted by Gasteiger charge is -2.21. The Morgan fingerprint density at radius 1 is 1.00 bits per heavy atom. The topological polar surface area (TPSA) is 83.6 Å². The van der Waals surface area contributed by atoms with Gasteiger partial charge in [0.15, 0.2) is 0 Å². The number of carbonyl (C=O) groups is 2. The molecule has 0 radical (unpaired) electrons. The molecule has 0 aliphatic carbocycles. The number of aryl methyl sites for hydroxylation is 1. The lowest BCUT2D eigenvalue weighted by molar-refractivity contribution is -0.125. The Bertz CT molecular complexity index is 862. The second kappa shape index (κ2) is 7.02. The van der Waals surface area contributed by atoms with E-state index in [1.807, 2.05) is 0 Å². The molecule has 0 unspecified atom stereocenters. The third kappa shape index (κ3) is 3.93. The number of nitrogens with zero attached hydrogens (tertiary/aromatic N) is 1. The predicted molar refractivity (Wildman–Crippen MR) is 89.8 cm³/mol. The fourth-order valence-corrected chi connectivity index (χ4v) is 3.24. The van der Waals surface area contributed by atoms with E-state index in [1.165, 1.54) is 36.4 Å². The Morgan fingerprint density at radius 2 is 1.54 bits per heavy atom. The van der Waals surface area contributed by atoms with Crippen LogP contribution in [-0.2, 0) is 14.8 Å². The molecule has 0 aliphatic rings. The number of sulfonamides is 1. The van der Waals surface area contributed by atoms with Gasteiger partial charge in [-0.25, -0.2) is 5.43 Å². The summed E-state index contributed by atoms with van der Waals surface area (Å²) in [6, 6.07) is 11.8. The highest BCUT2D eigenvalue weighted by atomic mass is 35.5. The van der Waals surface area contributed by atoms with Crippen molar-refractivity contribution in [2.75, 3.05) is 0 Å². The summed E-state index contributed by atoms with van der Waals surface area (Å²) in [5.74, 6) is -1.57. The minimum atomic E-state index is -4.20. The molecule has 0 heterocycles. The summed E-state index contributed by atoms with van der Waals surface area (Å²) in [6.07, 6.45) is 0. The maximum atomic E-state index is 12.6. The van der Waals surface area contributed by atoms with Crippen molar-refractivity contribution in [3.8, 4) is 0 Å². The van der Waals surface area contributed by atoms with E-state index in [0.29, 0.717) is 9.44 Å². The molecule has 0 aliphatic heterocycles. The van der Waals surface area contributed by atoms with Crippen LogP contribution in [0.25, 0.3) is 0 Å². The third-order valence-corrected chi connectivity index (χ3v) is 5.10. The number of nitrogens with one attached hydrogen (secondary N) is 1. The summed E-state index contributed by atoms with van der Waals surface area (Å²) in [6.45, 7) is 2.86. The summed E-state index contributed by atoms with van der Waals surface area (Å²) in [5.41, 5.74) is 3.16. The number of rotatable bonds is 3. The van der Waals surface area contributed by atoms with Crippen LogP contribution in [-0.4, -0.2) is 24.6 Å². The first kappa shape index (κ1) is 18.0. The summed E-state index contributed by atoms with van der Waals surface area (Å²) in [5, 5.41) is 0.433. The smallest absolute Gasteiger partial charge is 0.272 e. The number of amides is 2. The Hall–Kier alpha value is -2.38. The van der Waals surface area contributed by atoms with E-state index in [1.54, 1.807) is 19.1 Å². The van der Waals surface area contributed by atoms with Crippen LogP contribution in [0.4, 0.5) is 0 Å². The number of hydrogen-bond donors (Lipinski definition) is 1. The van der Waals surface area contributed by atoms with Crippen molar-refractivity contribution in [3.05, 3.63) is 64.7 Å². The van der Waals surface area contributed by atoms with Crippen LogP contribution in [0.3, 0.4) is 0 Å². The Labute approximate surface area is 145 Å². The average molecular weight is 367 g/mol. The summed E-state index contributed by atoms with van der Waals surface area (Å²) < 4.78 is 25.5.